The Labute approximate surface area is 124 Å². The third-order valence-corrected chi connectivity index (χ3v) is 3.63. The van der Waals surface area contributed by atoms with E-state index in [1.54, 1.807) is 6.92 Å². The lowest BCUT2D eigenvalue weighted by Gasteiger charge is -2.22. The summed E-state index contributed by atoms with van der Waals surface area (Å²) in [7, 11) is 0. The number of nitrogens with one attached hydrogen (secondary N) is 1. The van der Waals surface area contributed by atoms with Gasteiger partial charge < -0.3 is 10.2 Å². The number of benzene rings is 1. The first-order valence-corrected chi connectivity index (χ1v) is 7.32. The molecule has 5 heteroatoms. The van der Waals surface area contributed by atoms with Crippen molar-refractivity contribution < 1.29 is 14.0 Å². The molecule has 1 atom stereocenters. The number of nitrogens with zero attached hydrogens (tertiary/aromatic N) is 1. The smallest absolute Gasteiger partial charge is 0.299 e. The zero-order chi connectivity index (χ0) is 15.6. The fourth-order valence-electron chi connectivity index (χ4n) is 2.68. The summed E-state index contributed by atoms with van der Waals surface area (Å²) < 4.78 is 13.4. The monoisotopic (exact) mass is 292 g/mol. The molecule has 114 valence electrons. The number of carbonyl (C=O) groups excluding carboxylic acids is 2. The SMILES string of the molecule is CCCNCC(C)CN1C(=O)C(=O)c2cc(F)cc(C)c21. The van der Waals surface area contributed by atoms with Crippen LogP contribution in [0.25, 0.3) is 0 Å². The van der Waals surface area contributed by atoms with Crippen LogP contribution in [0.5, 0.6) is 0 Å². The van der Waals surface area contributed by atoms with Gasteiger partial charge in [0.05, 0.1) is 11.3 Å². The lowest BCUT2D eigenvalue weighted by molar-refractivity contribution is -0.114. The quantitative estimate of drug-likeness (QED) is 0.646. The Morgan fingerprint density at radius 1 is 1.33 bits per heavy atom. The largest absolute Gasteiger partial charge is 0.316 e. The Balaban J connectivity index is 2.19. The van der Waals surface area contributed by atoms with Crippen molar-refractivity contribution in [2.75, 3.05) is 24.5 Å². The van der Waals surface area contributed by atoms with E-state index in [2.05, 4.69) is 12.2 Å². The Kier molecular flexibility index (Phi) is 4.73. The van der Waals surface area contributed by atoms with Gasteiger partial charge in [-0.3, -0.25) is 9.59 Å². The average Bonchev–Trinajstić information content (AvgIpc) is 2.64. The first-order chi connectivity index (χ1) is 9.95. The molecule has 1 aliphatic rings. The van der Waals surface area contributed by atoms with Crippen molar-refractivity contribution in [1.82, 2.24) is 5.32 Å². The number of aryl methyl sites for hydroxylation is 1. The maximum Gasteiger partial charge on any atom is 0.299 e. The molecule has 1 heterocycles. The Morgan fingerprint density at radius 2 is 2.05 bits per heavy atom. The van der Waals surface area contributed by atoms with Crippen LogP contribution in [0.4, 0.5) is 10.1 Å². The van der Waals surface area contributed by atoms with Gasteiger partial charge in [-0.05, 0) is 50.0 Å². The predicted molar refractivity (Wildman–Crippen MR) is 80.1 cm³/mol. The normalized spacial score (nSPS) is 15.5. The van der Waals surface area contributed by atoms with Gasteiger partial charge in [0.1, 0.15) is 5.82 Å². The number of ketones is 1. The minimum absolute atomic E-state index is 0.186. The van der Waals surface area contributed by atoms with Gasteiger partial charge in [0.2, 0.25) is 0 Å². The average molecular weight is 292 g/mol. The number of carbonyl (C=O) groups is 2. The maximum absolute atomic E-state index is 13.4. The van der Waals surface area contributed by atoms with Crippen LogP contribution < -0.4 is 10.2 Å². The maximum atomic E-state index is 13.4. The second-order valence-electron chi connectivity index (χ2n) is 5.67. The van der Waals surface area contributed by atoms with Crippen LogP contribution >= 0.6 is 0 Å². The molecule has 1 unspecified atom stereocenters. The Bertz CT molecular complexity index is 572. The van der Waals surface area contributed by atoms with Crippen LogP contribution in [0, 0.1) is 18.7 Å². The number of amides is 1. The first kappa shape index (κ1) is 15.6. The highest BCUT2D eigenvalue weighted by atomic mass is 19.1. The van der Waals surface area contributed by atoms with Crippen molar-refractivity contribution in [3.63, 3.8) is 0 Å². The zero-order valence-corrected chi connectivity index (χ0v) is 12.7. The molecule has 0 aromatic heterocycles. The third-order valence-electron chi connectivity index (χ3n) is 3.63. The molecule has 0 radical (unpaired) electrons. The fraction of sp³-hybridized carbons (Fsp3) is 0.500. The summed E-state index contributed by atoms with van der Waals surface area (Å²) in [5.74, 6) is -1.43. The van der Waals surface area contributed by atoms with Gasteiger partial charge in [-0.2, -0.15) is 0 Å². The van der Waals surface area contributed by atoms with Gasteiger partial charge in [-0.25, -0.2) is 4.39 Å². The molecule has 1 aromatic rings. The highest BCUT2D eigenvalue weighted by molar-refractivity contribution is 6.52. The topological polar surface area (TPSA) is 49.4 Å². The molecule has 1 aromatic carbocycles. The number of fused-ring (bicyclic) bond motifs is 1. The summed E-state index contributed by atoms with van der Waals surface area (Å²) >= 11 is 0. The van der Waals surface area contributed by atoms with E-state index in [1.165, 1.54) is 11.0 Å². The molecule has 0 fully saturated rings. The molecule has 0 aliphatic carbocycles. The van der Waals surface area contributed by atoms with E-state index in [9.17, 15) is 14.0 Å². The number of halogens is 1. The zero-order valence-electron chi connectivity index (χ0n) is 12.7. The molecule has 0 saturated heterocycles. The summed E-state index contributed by atoms with van der Waals surface area (Å²) in [6.07, 6.45) is 1.05. The second kappa shape index (κ2) is 6.35. The summed E-state index contributed by atoms with van der Waals surface area (Å²) in [6.45, 7) is 8.01. The van der Waals surface area contributed by atoms with Gasteiger partial charge in [0.25, 0.3) is 11.7 Å². The summed E-state index contributed by atoms with van der Waals surface area (Å²) in [5.41, 5.74) is 1.37. The number of Topliss-reactive ketones (excluding diaryl/α,β-unsaturated/α-hetero) is 1. The van der Waals surface area contributed by atoms with E-state index in [4.69, 9.17) is 0 Å². The van der Waals surface area contributed by atoms with E-state index in [1.807, 2.05) is 6.92 Å². The van der Waals surface area contributed by atoms with E-state index in [-0.39, 0.29) is 11.5 Å². The number of hydrogen-bond donors (Lipinski definition) is 1. The molecule has 21 heavy (non-hydrogen) atoms. The van der Waals surface area contributed by atoms with Crippen molar-refractivity contribution in [3.05, 3.63) is 29.1 Å². The molecule has 0 spiro atoms. The van der Waals surface area contributed by atoms with Gasteiger partial charge in [-0.15, -0.1) is 0 Å². The molecule has 2 rings (SSSR count). The van der Waals surface area contributed by atoms with Crippen molar-refractivity contribution >= 4 is 17.4 Å². The lowest BCUT2D eigenvalue weighted by Crippen LogP contribution is -2.37. The number of hydrogen-bond acceptors (Lipinski definition) is 3. The molecule has 1 amide bonds. The molecule has 0 saturated carbocycles. The van der Waals surface area contributed by atoms with Gasteiger partial charge >= 0.3 is 0 Å². The minimum Gasteiger partial charge on any atom is -0.316 e. The van der Waals surface area contributed by atoms with Crippen LogP contribution in [0.15, 0.2) is 12.1 Å². The summed E-state index contributed by atoms with van der Waals surface area (Å²) in [4.78, 5) is 25.6. The summed E-state index contributed by atoms with van der Waals surface area (Å²) in [5, 5.41) is 3.30. The van der Waals surface area contributed by atoms with Crippen molar-refractivity contribution in [1.29, 1.82) is 0 Å². The van der Waals surface area contributed by atoms with Crippen molar-refractivity contribution in [2.45, 2.75) is 27.2 Å². The molecule has 1 aliphatic heterocycles. The second-order valence-corrected chi connectivity index (χ2v) is 5.67. The van der Waals surface area contributed by atoms with E-state index >= 15 is 0 Å². The lowest BCUT2D eigenvalue weighted by atomic mass is 10.1. The van der Waals surface area contributed by atoms with E-state index in [0.717, 1.165) is 25.6 Å². The van der Waals surface area contributed by atoms with Crippen LogP contribution in [-0.2, 0) is 4.79 Å². The van der Waals surface area contributed by atoms with Gasteiger partial charge in [-0.1, -0.05) is 13.8 Å². The summed E-state index contributed by atoms with van der Waals surface area (Å²) in [6, 6.07) is 2.51. The molecular weight excluding hydrogens is 271 g/mol. The molecule has 4 nitrogen and oxygen atoms in total. The standard InChI is InChI=1S/C16H21FN2O2/c1-4-5-18-8-10(2)9-19-14-11(3)6-12(17)7-13(14)15(20)16(19)21/h6-7,10,18H,4-5,8-9H2,1-3H3. The Morgan fingerprint density at radius 3 is 2.71 bits per heavy atom. The van der Waals surface area contributed by atoms with Crippen LogP contribution in [0.1, 0.15) is 36.2 Å². The molecule has 1 N–H and O–H groups in total. The highest BCUT2D eigenvalue weighted by Gasteiger charge is 2.37. The number of rotatable bonds is 6. The van der Waals surface area contributed by atoms with Crippen LogP contribution in [0.3, 0.4) is 0 Å². The van der Waals surface area contributed by atoms with Crippen molar-refractivity contribution in [3.8, 4) is 0 Å². The van der Waals surface area contributed by atoms with Crippen LogP contribution in [-0.4, -0.2) is 31.3 Å². The van der Waals surface area contributed by atoms with Crippen LogP contribution in [0.2, 0.25) is 0 Å². The Hall–Kier alpha value is -1.75. The third kappa shape index (κ3) is 3.13. The molecular formula is C16H21FN2O2. The number of anilines is 1. The highest BCUT2D eigenvalue weighted by Crippen LogP contribution is 2.33. The fourth-order valence-corrected chi connectivity index (χ4v) is 2.68. The minimum atomic E-state index is -0.610. The molecule has 0 bridgehead atoms. The predicted octanol–water partition coefficient (Wildman–Crippen LogP) is 2.30. The van der Waals surface area contributed by atoms with Gasteiger partial charge in [0.15, 0.2) is 0 Å². The first-order valence-electron chi connectivity index (χ1n) is 7.32. The van der Waals surface area contributed by atoms with Crippen molar-refractivity contribution in [2.24, 2.45) is 5.92 Å². The van der Waals surface area contributed by atoms with E-state index in [0.29, 0.717) is 17.8 Å². The van der Waals surface area contributed by atoms with E-state index < -0.39 is 17.5 Å². The van der Waals surface area contributed by atoms with Gasteiger partial charge in [0, 0.05) is 6.54 Å².